The third kappa shape index (κ3) is 2.09. The van der Waals surface area contributed by atoms with Crippen LogP contribution in [-0.2, 0) is 4.79 Å². The fourth-order valence-electron chi connectivity index (χ4n) is 2.66. The van der Waals surface area contributed by atoms with Gasteiger partial charge in [0, 0.05) is 18.5 Å². The number of amides is 1. The molecule has 0 aromatic rings. The quantitative estimate of drug-likeness (QED) is 0.559. The number of rotatable bonds is 0. The smallest absolute Gasteiger partial charge is 0.227 e. The standard InChI is InChI=1S/C13H21NO/c1-13(2,3)12(15)14-8-10-6-4-5-7-11(10)9-14/h4-5,10-11H,6-9H2,1-3H3/t10-,11+. The molecule has 1 aliphatic carbocycles. The van der Waals surface area contributed by atoms with Gasteiger partial charge in [0.15, 0.2) is 0 Å². The highest BCUT2D eigenvalue weighted by Crippen LogP contribution is 2.34. The lowest BCUT2D eigenvalue weighted by molar-refractivity contribution is -0.138. The second kappa shape index (κ2) is 3.66. The van der Waals surface area contributed by atoms with Gasteiger partial charge in [0.25, 0.3) is 0 Å². The molecule has 1 saturated heterocycles. The van der Waals surface area contributed by atoms with E-state index in [1.54, 1.807) is 0 Å². The molecule has 2 atom stereocenters. The van der Waals surface area contributed by atoms with Gasteiger partial charge in [-0.2, -0.15) is 0 Å². The fraction of sp³-hybridized carbons (Fsp3) is 0.769. The van der Waals surface area contributed by atoms with Crippen molar-refractivity contribution in [3.63, 3.8) is 0 Å². The lowest BCUT2D eigenvalue weighted by Crippen LogP contribution is -2.38. The van der Waals surface area contributed by atoms with E-state index in [2.05, 4.69) is 17.1 Å². The van der Waals surface area contributed by atoms with Crippen molar-refractivity contribution in [1.29, 1.82) is 0 Å². The lowest BCUT2D eigenvalue weighted by Gasteiger charge is -2.25. The van der Waals surface area contributed by atoms with Gasteiger partial charge in [0.1, 0.15) is 0 Å². The van der Waals surface area contributed by atoms with Crippen LogP contribution in [0.2, 0.25) is 0 Å². The first-order valence-electron chi connectivity index (χ1n) is 5.93. The Bertz CT molecular complexity index is 271. The SMILES string of the molecule is CC(C)(C)C(=O)N1C[C@H]2CC=CC[C@H]2C1. The predicted octanol–water partition coefficient (Wildman–Crippen LogP) is 2.46. The Hall–Kier alpha value is -0.790. The van der Waals surface area contributed by atoms with Crippen LogP contribution in [0, 0.1) is 17.3 Å². The van der Waals surface area contributed by atoms with Gasteiger partial charge in [-0.25, -0.2) is 0 Å². The summed E-state index contributed by atoms with van der Waals surface area (Å²) >= 11 is 0. The second-order valence-corrected chi connectivity index (χ2v) is 5.92. The molecule has 1 aliphatic heterocycles. The van der Waals surface area contributed by atoms with Crippen LogP contribution in [0.3, 0.4) is 0 Å². The zero-order valence-corrected chi connectivity index (χ0v) is 9.99. The number of nitrogens with zero attached hydrogens (tertiary/aromatic N) is 1. The van der Waals surface area contributed by atoms with Crippen molar-refractivity contribution in [2.24, 2.45) is 17.3 Å². The summed E-state index contributed by atoms with van der Waals surface area (Å²) in [5.41, 5.74) is -0.221. The Balaban J connectivity index is 2.02. The van der Waals surface area contributed by atoms with E-state index in [4.69, 9.17) is 0 Å². The van der Waals surface area contributed by atoms with E-state index < -0.39 is 0 Å². The molecule has 2 nitrogen and oxygen atoms in total. The first-order valence-corrected chi connectivity index (χ1v) is 5.93. The van der Waals surface area contributed by atoms with Gasteiger partial charge >= 0.3 is 0 Å². The van der Waals surface area contributed by atoms with Gasteiger partial charge in [0.2, 0.25) is 5.91 Å². The van der Waals surface area contributed by atoms with Crippen LogP contribution in [0.5, 0.6) is 0 Å². The van der Waals surface area contributed by atoms with Crippen LogP contribution in [0.15, 0.2) is 12.2 Å². The van der Waals surface area contributed by atoms with Gasteiger partial charge in [0.05, 0.1) is 0 Å². The average molecular weight is 207 g/mol. The molecule has 0 radical (unpaired) electrons. The second-order valence-electron chi connectivity index (χ2n) is 5.92. The first kappa shape index (κ1) is 10.7. The number of carbonyl (C=O) groups is 1. The molecular weight excluding hydrogens is 186 g/mol. The van der Waals surface area contributed by atoms with Gasteiger partial charge < -0.3 is 4.90 Å². The van der Waals surface area contributed by atoms with Crippen LogP contribution in [-0.4, -0.2) is 23.9 Å². The maximum absolute atomic E-state index is 12.1. The summed E-state index contributed by atoms with van der Waals surface area (Å²) in [4.78, 5) is 14.2. The van der Waals surface area contributed by atoms with Gasteiger partial charge in [-0.3, -0.25) is 4.79 Å². The summed E-state index contributed by atoms with van der Waals surface area (Å²) in [7, 11) is 0. The minimum atomic E-state index is -0.221. The van der Waals surface area contributed by atoms with Gasteiger partial charge in [-0.15, -0.1) is 0 Å². The summed E-state index contributed by atoms with van der Waals surface area (Å²) in [6.07, 6.45) is 6.87. The molecule has 2 aliphatic rings. The van der Waals surface area contributed by atoms with Crippen molar-refractivity contribution in [3.8, 4) is 0 Å². The minimum absolute atomic E-state index is 0.221. The van der Waals surface area contributed by atoms with E-state index in [1.807, 2.05) is 20.8 Å². The minimum Gasteiger partial charge on any atom is -0.342 e. The zero-order chi connectivity index (χ0) is 11.1. The van der Waals surface area contributed by atoms with Crippen LogP contribution in [0.4, 0.5) is 0 Å². The van der Waals surface area contributed by atoms with E-state index in [0.717, 1.165) is 24.9 Å². The van der Waals surface area contributed by atoms with E-state index in [0.29, 0.717) is 5.91 Å². The maximum Gasteiger partial charge on any atom is 0.227 e. The number of fused-ring (bicyclic) bond motifs is 1. The molecule has 0 spiro atoms. The fourth-order valence-corrected chi connectivity index (χ4v) is 2.66. The topological polar surface area (TPSA) is 20.3 Å². The maximum atomic E-state index is 12.1. The molecule has 0 aromatic heterocycles. The summed E-state index contributed by atoms with van der Waals surface area (Å²) in [6, 6.07) is 0. The number of allylic oxidation sites excluding steroid dienone is 2. The summed E-state index contributed by atoms with van der Waals surface area (Å²) in [6.45, 7) is 7.98. The van der Waals surface area contributed by atoms with Crippen LogP contribution < -0.4 is 0 Å². The Morgan fingerprint density at radius 1 is 1.13 bits per heavy atom. The molecular formula is C13H21NO. The van der Waals surface area contributed by atoms with Crippen molar-refractivity contribution >= 4 is 5.91 Å². The van der Waals surface area contributed by atoms with E-state index >= 15 is 0 Å². The van der Waals surface area contributed by atoms with E-state index in [9.17, 15) is 4.79 Å². The number of hydrogen-bond acceptors (Lipinski definition) is 1. The summed E-state index contributed by atoms with van der Waals surface area (Å²) < 4.78 is 0. The van der Waals surface area contributed by atoms with Crippen molar-refractivity contribution in [3.05, 3.63) is 12.2 Å². The van der Waals surface area contributed by atoms with Crippen LogP contribution in [0.25, 0.3) is 0 Å². The highest BCUT2D eigenvalue weighted by molar-refractivity contribution is 5.81. The van der Waals surface area contributed by atoms with Gasteiger partial charge in [-0.1, -0.05) is 32.9 Å². The number of carbonyl (C=O) groups excluding carboxylic acids is 1. The molecule has 1 fully saturated rings. The highest BCUT2D eigenvalue weighted by atomic mass is 16.2. The average Bonchev–Trinajstić information content (AvgIpc) is 2.58. The van der Waals surface area contributed by atoms with Crippen molar-refractivity contribution in [2.45, 2.75) is 33.6 Å². The molecule has 2 heteroatoms. The van der Waals surface area contributed by atoms with Crippen molar-refractivity contribution in [2.75, 3.05) is 13.1 Å². The van der Waals surface area contributed by atoms with Crippen molar-refractivity contribution < 1.29 is 4.79 Å². The predicted molar refractivity (Wildman–Crippen MR) is 61.4 cm³/mol. The highest BCUT2D eigenvalue weighted by Gasteiger charge is 2.38. The lowest BCUT2D eigenvalue weighted by atomic mass is 9.86. The Morgan fingerprint density at radius 3 is 2.00 bits per heavy atom. The molecule has 84 valence electrons. The molecule has 1 heterocycles. The molecule has 0 unspecified atom stereocenters. The van der Waals surface area contributed by atoms with Crippen molar-refractivity contribution in [1.82, 2.24) is 4.90 Å². The van der Waals surface area contributed by atoms with Gasteiger partial charge in [-0.05, 0) is 24.7 Å². The normalized spacial score (nSPS) is 30.5. The van der Waals surface area contributed by atoms with E-state index in [-0.39, 0.29) is 5.41 Å². The summed E-state index contributed by atoms with van der Waals surface area (Å²) in [5, 5.41) is 0. The molecule has 0 bridgehead atoms. The molecule has 1 amide bonds. The zero-order valence-electron chi connectivity index (χ0n) is 9.99. The number of hydrogen-bond donors (Lipinski definition) is 0. The largest absolute Gasteiger partial charge is 0.342 e. The summed E-state index contributed by atoms with van der Waals surface area (Å²) in [5.74, 6) is 1.76. The van der Waals surface area contributed by atoms with E-state index in [1.165, 1.54) is 12.8 Å². The Morgan fingerprint density at radius 2 is 1.60 bits per heavy atom. The first-order chi connectivity index (χ1) is 6.98. The molecule has 15 heavy (non-hydrogen) atoms. The molecule has 0 saturated carbocycles. The third-order valence-electron chi connectivity index (χ3n) is 3.55. The Kier molecular flexibility index (Phi) is 2.61. The third-order valence-corrected chi connectivity index (χ3v) is 3.55. The molecule has 0 aromatic carbocycles. The van der Waals surface area contributed by atoms with Crippen LogP contribution >= 0.6 is 0 Å². The number of likely N-dealkylation sites (tertiary alicyclic amines) is 1. The Labute approximate surface area is 92.3 Å². The molecule has 0 N–H and O–H groups in total. The molecule has 2 rings (SSSR count). The monoisotopic (exact) mass is 207 g/mol. The van der Waals surface area contributed by atoms with Crippen LogP contribution in [0.1, 0.15) is 33.6 Å².